The van der Waals surface area contributed by atoms with Gasteiger partial charge in [0.05, 0.1) is 12.1 Å². The maximum Gasteiger partial charge on any atom is 0.327 e. The molecule has 0 spiro atoms. The lowest BCUT2D eigenvalue weighted by atomic mass is 10.0. The molecule has 1 aromatic rings. The average molecular weight is 323 g/mol. The third-order valence-corrected chi connectivity index (χ3v) is 3.22. The smallest absolute Gasteiger partial charge is 0.327 e. The van der Waals surface area contributed by atoms with Crippen LogP contribution in [0.2, 0.25) is 0 Å². The van der Waals surface area contributed by atoms with E-state index in [1.165, 1.54) is 38.1 Å². The van der Waals surface area contributed by atoms with Gasteiger partial charge in [0.25, 0.3) is 0 Å². The van der Waals surface area contributed by atoms with Crippen LogP contribution in [0.25, 0.3) is 0 Å². The van der Waals surface area contributed by atoms with Crippen LogP contribution in [-0.2, 0) is 20.8 Å². The topological polar surface area (TPSA) is 147 Å². The van der Waals surface area contributed by atoms with Crippen LogP contribution in [0.5, 0.6) is 5.75 Å². The Labute approximate surface area is 133 Å². The Hall–Kier alpha value is -2.45. The summed E-state index contributed by atoms with van der Waals surface area (Å²) in [4.78, 5) is 36.6. The zero-order valence-electron chi connectivity index (χ0n) is 13.0. The molecule has 0 aromatic heterocycles. The van der Waals surface area contributed by atoms with E-state index in [0.717, 1.165) is 0 Å². The fraction of sp³-hybridized carbons (Fsp3) is 0.400. The summed E-state index contributed by atoms with van der Waals surface area (Å²) >= 11 is 0. The molecule has 8 heteroatoms. The van der Waals surface area contributed by atoms with Crippen LogP contribution in [0, 0.1) is 0 Å². The SMILES string of the molecule is CC(N)C(=O)N(C(=O)C(C)N)C(Cc1ccc(O)cc1)C(=O)O. The summed E-state index contributed by atoms with van der Waals surface area (Å²) in [6.07, 6.45) is -0.119. The van der Waals surface area contributed by atoms with Crippen molar-refractivity contribution in [1.29, 1.82) is 0 Å². The number of carboxylic acids is 1. The summed E-state index contributed by atoms with van der Waals surface area (Å²) in [6.45, 7) is 2.73. The van der Waals surface area contributed by atoms with E-state index < -0.39 is 35.9 Å². The molecule has 0 aliphatic rings. The predicted molar refractivity (Wildman–Crippen MR) is 82.4 cm³/mol. The van der Waals surface area contributed by atoms with Gasteiger partial charge in [-0.3, -0.25) is 14.5 Å². The summed E-state index contributed by atoms with van der Waals surface area (Å²) in [5, 5.41) is 18.7. The number of rotatable bonds is 6. The zero-order valence-corrected chi connectivity index (χ0v) is 13.0. The molecule has 1 aromatic carbocycles. The Balaban J connectivity index is 3.19. The van der Waals surface area contributed by atoms with Gasteiger partial charge < -0.3 is 21.7 Å². The predicted octanol–water partition coefficient (Wildman–Crippen LogP) is -0.562. The Morgan fingerprint density at radius 3 is 1.83 bits per heavy atom. The maximum absolute atomic E-state index is 12.2. The molecular weight excluding hydrogens is 302 g/mol. The molecular formula is C15H21N3O5. The van der Waals surface area contributed by atoms with E-state index in [9.17, 15) is 24.6 Å². The number of nitrogens with two attached hydrogens (primary N) is 2. The number of carbonyl (C=O) groups excluding carboxylic acids is 2. The number of benzene rings is 1. The minimum atomic E-state index is -1.43. The number of carboxylic acid groups (broad SMARTS) is 1. The van der Waals surface area contributed by atoms with Crippen molar-refractivity contribution in [2.75, 3.05) is 0 Å². The maximum atomic E-state index is 12.2. The summed E-state index contributed by atoms with van der Waals surface area (Å²) in [5.41, 5.74) is 11.6. The number of imide groups is 1. The van der Waals surface area contributed by atoms with Crippen LogP contribution in [0.15, 0.2) is 24.3 Å². The fourth-order valence-electron chi connectivity index (χ4n) is 2.00. The molecule has 0 saturated heterocycles. The fourth-order valence-corrected chi connectivity index (χ4v) is 2.00. The van der Waals surface area contributed by atoms with Gasteiger partial charge in [0.2, 0.25) is 11.8 Å². The van der Waals surface area contributed by atoms with Crippen LogP contribution in [0.4, 0.5) is 0 Å². The van der Waals surface area contributed by atoms with Gasteiger partial charge in [-0.25, -0.2) is 4.79 Å². The number of hydrogen-bond donors (Lipinski definition) is 4. The summed E-state index contributed by atoms with van der Waals surface area (Å²) in [5.74, 6) is -2.94. The molecule has 23 heavy (non-hydrogen) atoms. The van der Waals surface area contributed by atoms with Gasteiger partial charge >= 0.3 is 5.97 Å². The van der Waals surface area contributed by atoms with E-state index in [4.69, 9.17) is 11.5 Å². The Bertz CT molecular complexity index is 563. The number of hydrogen-bond acceptors (Lipinski definition) is 6. The monoisotopic (exact) mass is 323 g/mol. The van der Waals surface area contributed by atoms with Gasteiger partial charge in [-0.1, -0.05) is 12.1 Å². The van der Waals surface area contributed by atoms with E-state index in [-0.39, 0.29) is 12.2 Å². The molecule has 0 heterocycles. The summed E-state index contributed by atoms with van der Waals surface area (Å²) in [6, 6.07) is 2.28. The van der Waals surface area contributed by atoms with Gasteiger partial charge in [0.15, 0.2) is 0 Å². The van der Waals surface area contributed by atoms with Crippen LogP contribution >= 0.6 is 0 Å². The molecule has 3 unspecified atom stereocenters. The lowest BCUT2D eigenvalue weighted by molar-refractivity contribution is -0.158. The Kier molecular flexibility index (Phi) is 6.23. The van der Waals surface area contributed by atoms with Gasteiger partial charge in [0.1, 0.15) is 11.8 Å². The molecule has 1 rings (SSSR count). The first-order valence-electron chi connectivity index (χ1n) is 7.04. The number of nitrogens with zero attached hydrogens (tertiary/aromatic N) is 1. The quantitative estimate of drug-likeness (QED) is 0.548. The van der Waals surface area contributed by atoms with Crippen molar-refractivity contribution in [3.8, 4) is 5.75 Å². The molecule has 0 fully saturated rings. The molecule has 2 amide bonds. The lowest BCUT2D eigenvalue weighted by Gasteiger charge is -2.30. The molecule has 0 aliphatic heterocycles. The molecule has 0 aliphatic carbocycles. The highest BCUT2D eigenvalue weighted by Gasteiger charge is 2.37. The third kappa shape index (κ3) is 4.76. The first-order chi connectivity index (χ1) is 10.6. The van der Waals surface area contributed by atoms with Gasteiger partial charge in [-0.2, -0.15) is 0 Å². The highest BCUT2D eigenvalue weighted by Crippen LogP contribution is 2.15. The minimum Gasteiger partial charge on any atom is -0.508 e. The van der Waals surface area contributed by atoms with E-state index in [1.807, 2.05) is 0 Å². The second kappa shape index (κ2) is 7.70. The minimum absolute atomic E-state index is 0.0239. The van der Waals surface area contributed by atoms with E-state index in [1.54, 1.807) is 0 Å². The van der Waals surface area contributed by atoms with Crippen molar-refractivity contribution in [2.24, 2.45) is 11.5 Å². The van der Waals surface area contributed by atoms with Crippen molar-refractivity contribution in [1.82, 2.24) is 4.90 Å². The molecule has 0 radical (unpaired) electrons. The Morgan fingerprint density at radius 2 is 1.48 bits per heavy atom. The summed E-state index contributed by atoms with van der Waals surface area (Å²) in [7, 11) is 0. The van der Waals surface area contributed by atoms with E-state index in [2.05, 4.69) is 0 Å². The van der Waals surface area contributed by atoms with Gasteiger partial charge in [-0.05, 0) is 31.5 Å². The highest BCUT2D eigenvalue weighted by atomic mass is 16.4. The normalized spacial score (nSPS) is 14.6. The molecule has 6 N–H and O–H groups in total. The molecule has 0 saturated carbocycles. The summed E-state index contributed by atoms with van der Waals surface area (Å²) < 4.78 is 0. The number of phenols is 1. The van der Waals surface area contributed by atoms with E-state index >= 15 is 0 Å². The van der Waals surface area contributed by atoms with E-state index in [0.29, 0.717) is 10.5 Å². The van der Waals surface area contributed by atoms with Crippen molar-refractivity contribution < 1.29 is 24.6 Å². The van der Waals surface area contributed by atoms with Crippen LogP contribution in [0.3, 0.4) is 0 Å². The highest BCUT2D eigenvalue weighted by molar-refractivity contribution is 6.02. The second-order valence-electron chi connectivity index (χ2n) is 5.35. The number of aliphatic carboxylic acids is 1. The van der Waals surface area contributed by atoms with Gasteiger partial charge in [-0.15, -0.1) is 0 Å². The van der Waals surface area contributed by atoms with Crippen LogP contribution in [-0.4, -0.2) is 51.0 Å². The van der Waals surface area contributed by atoms with Crippen molar-refractivity contribution >= 4 is 17.8 Å². The number of aromatic hydroxyl groups is 1. The van der Waals surface area contributed by atoms with Crippen molar-refractivity contribution in [3.63, 3.8) is 0 Å². The molecule has 126 valence electrons. The number of phenolic OH excluding ortho intramolecular Hbond substituents is 1. The molecule has 8 nitrogen and oxygen atoms in total. The van der Waals surface area contributed by atoms with Gasteiger partial charge in [0, 0.05) is 6.42 Å². The first-order valence-corrected chi connectivity index (χ1v) is 7.04. The van der Waals surface area contributed by atoms with Crippen molar-refractivity contribution in [2.45, 2.75) is 38.4 Å². The first kappa shape index (κ1) is 18.6. The van der Waals surface area contributed by atoms with Crippen LogP contribution in [0.1, 0.15) is 19.4 Å². The molecule has 3 atom stereocenters. The largest absolute Gasteiger partial charge is 0.508 e. The standard InChI is InChI=1S/C15H21N3O5/c1-8(16)13(20)18(14(21)9(2)17)12(15(22)23)7-10-3-5-11(19)6-4-10/h3-6,8-9,12,19H,7,16-17H2,1-2H3,(H,22,23). The van der Waals surface area contributed by atoms with Crippen molar-refractivity contribution in [3.05, 3.63) is 29.8 Å². The number of amides is 2. The number of carbonyl (C=O) groups is 3. The Morgan fingerprint density at radius 1 is 1.04 bits per heavy atom. The lowest BCUT2D eigenvalue weighted by Crippen LogP contribution is -2.57. The zero-order chi connectivity index (χ0) is 17.7. The third-order valence-electron chi connectivity index (χ3n) is 3.22. The average Bonchev–Trinajstić information content (AvgIpc) is 2.47. The van der Waals surface area contributed by atoms with Crippen LogP contribution < -0.4 is 11.5 Å². The molecule has 0 bridgehead atoms. The second-order valence-corrected chi connectivity index (χ2v) is 5.35.